The lowest BCUT2D eigenvalue weighted by Crippen LogP contribution is -2.29. The number of hydrogen-bond donors (Lipinski definition) is 1. The molecule has 2 N–H and O–H groups in total. The predicted octanol–water partition coefficient (Wildman–Crippen LogP) is 2.43. The van der Waals surface area contributed by atoms with E-state index in [0.29, 0.717) is 0 Å². The van der Waals surface area contributed by atoms with E-state index in [2.05, 4.69) is 5.10 Å². The highest BCUT2D eigenvalue weighted by Gasteiger charge is 2.22. The summed E-state index contributed by atoms with van der Waals surface area (Å²) in [5.41, 5.74) is 4.85. The third-order valence-corrected chi connectivity index (χ3v) is 3.69. The number of amides is 1. The van der Waals surface area contributed by atoms with Gasteiger partial charge in [-0.3, -0.25) is 9.36 Å². The molecule has 0 aliphatic rings. The molecule has 9 heteroatoms. The third kappa shape index (κ3) is 2.71. The molecule has 0 aliphatic heterocycles. The molecule has 1 amide bonds. The van der Waals surface area contributed by atoms with Crippen LogP contribution in [0.3, 0.4) is 0 Å². The van der Waals surface area contributed by atoms with Crippen LogP contribution in [0.15, 0.2) is 41.3 Å². The standard InChI is InChI=1S/C15H12ClFN4O3/c1-8(24-15(18)23)13-19-20-6-5-11(16)12(20)14(22)21(13)10-4-2-3-9(17)7-10/h2-8H,1H3,(H2,18,23). The Morgan fingerprint density at radius 3 is 2.83 bits per heavy atom. The fourth-order valence-corrected chi connectivity index (χ4v) is 2.63. The lowest BCUT2D eigenvalue weighted by molar-refractivity contribution is 0.109. The molecule has 0 radical (unpaired) electrons. The number of benzene rings is 1. The molecule has 1 aromatic carbocycles. The van der Waals surface area contributed by atoms with Gasteiger partial charge in [0.05, 0.1) is 10.7 Å². The summed E-state index contributed by atoms with van der Waals surface area (Å²) < 4.78 is 20.9. The number of rotatable bonds is 3. The highest BCUT2D eigenvalue weighted by molar-refractivity contribution is 6.33. The summed E-state index contributed by atoms with van der Waals surface area (Å²) in [5, 5.41) is 4.46. The summed E-state index contributed by atoms with van der Waals surface area (Å²) in [6, 6.07) is 6.89. The van der Waals surface area contributed by atoms with Crippen molar-refractivity contribution in [2.75, 3.05) is 0 Å². The summed E-state index contributed by atoms with van der Waals surface area (Å²) >= 11 is 6.03. The molecule has 2 heterocycles. The monoisotopic (exact) mass is 350 g/mol. The van der Waals surface area contributed by atoms with Gasteiger partial charge in [0.25, 0.3) is 5.56 Å². The summed E-state index contributed by atoms with van der Waals surface area (Å²) in [6.45, 7) is 1.50. The van der Waals surface area contributed by atoms with Gasteiger partial charge in [-0.15, -0.1) is 5.10 Å². The summed E-state index contributed by atoms with van der Waals surface area (Å²) in [6.07, 6.45) is -0.465. The first-order valence-electron chi connectivity index (χ1n) is 6.90. The van der Waals surface area contributed by atoms with Crippen molar-refractivity contribution in [1.82, 2.24) is 14.2 Å². The number of aromatic nitrogens is 3. The van der Waals surface area contributed by atoms with Crippen LogP contribution >= 0.6 is 11.6 Å². The van der Waals surface area contributed by atoms with E-state index in [4.69, 9.17) is 22.1 Å². The molecule has 0 spiro atoms. The van der Waals surface area contributed by atoms with E-state index in [1.165, 1.54) is 41.9 Å². The lowest BCUT2D eigenvalue weighted by Gasteiger charge is -2.17. The van der Waals surface area contributed by atoms with Crippen LogP contribution in [0.4, 0.5) is 9.18 Å². The molecule has 3 rings (SSSR count). The van der Waals surface area contributed by atoms with Crippen molar-refractivity contribution in [1.29, 1.82) is 0 Å². The van der Waals surface area contributed by atoms with Gasteiger partial charge in [-0.1, -0.05) is 17.7 Å². The molecule has 0 saturated carbocycles. The van der Waals surface area contributed by atoms with Crippen molar-refractivity contribution in [2.45, 2.75) is 13.0 Å². The molecular weight excluding hydrogens is 339 g/mol. The minimum absolute atomic E-state index is 0.0733. The van der Waals surface area contributed by atoms with Gasteiger partial charge >= 0.3 is 6.09 Å². The minimum atomic E-state index is -1.02. The van der Waals surface area contributed by atoms with Crippen LogP contribution in [0.2, 0.25) is 5.02 Å². The number of carbonyl (C=O) groups is 1. The number of nitrogens with two attached hydrogens (primary N) is 1. The highest BCUT2D eigenvalue weighted by Crippen LogP contribution is 2.21. The Kier molecular flexibility index (Phi) is 3.98. The van der Waals surface area contributed by atoms with Gasteiger partial charge < -0.3 is 10.5 Å². The molecule has 24 heavy (non-hydrogen) atoms. The Morgan fingerprint density at radius 2 is 2.17 bits per heavy atom. The zero-order chi connectivity index (χ0) is 17.4. The maximum absolute atomic E-state index is 13.6. The zero-order valence-electron chi connectivity index (χ0n) is 12.4. The Labute approximate surface area is 140 Å². The van der Waals surface area contributed by atoms with E-state index in [0.717, 1.165) is 10.6 Å². The average Bonchev–Trinajstić information content (AvgIpc) is 2.88. The van der Waals surface area contributed by atoms with Gasteiger partial charge in [0, 0.05) is 6.20 Å². The topological polar surface area (TPSA) is 91.6 Å². The van der Waals surface area contributed by atoms with Gasteiger partial charge in [0.2, 0.25) is 0 Å². The fourth-order valence-electron chi connectivity index (χ4n) is 2.40. The molecular formula is C15H12ClFN4O3. The number of hydrogen-bond acceptors (Lipinski definition) is 4. The number of primary amides is 1. The Bertz CT molecular complexity index is 998. The molecule has 7 nitrogen and oxygen atoms in total. The highest BCUT2D eigenvalue weighted by atomic mass is 35.5. The van der Waals surface area contributed by atoms with Gasteiger partial charge in [-0.25, -0.2) is 13.7 Å². The van der Waals surface area contributed by atoms with Crippen molar-refractivity contribution >= 4 is 23.2 Å². The van der Waals surface area contributed by atoms with E-state index < -0.39 is 23.6 Å². The molecule has 0 fully saturated rings. The first-order chi connectivity index (χ1) is 11.4. The number of halogens is 2. The number of nitrogens with zero attached hydrogens (tertiary/aromatic N) is 3. The average molecular weight is 351 g/mol. The smallest absolute Gasteiger partial charge is 0.405 e. The van der Waals surface area contributed by atoms with Crippen LogP contribution in [0.1, 0.15) is 18.9 Å². The van der Waals surface area contributed by atoms with Gasteiger partial charge in [-0.2, -0.15) is 0 Å². The number of fused-ring (bicyclic) bond motifs is 1. The van der Waals surface area contributed by atoms with Gasteiger partial charge in [0.15, 0.2) is 11.9 Å². The Balaban J connectivity index is 2.34. The van der Waals surface area contributed by atoms with Crippen molar-refractivity contribution in [3.8, 4) is 5.69 Å². The third-order valence-electron chi connectivity index (χ3n) is 3.39. The molecule has 0 saturated heterocycles. The van der Waals surface area contributed by atoms with Crippen molar-refractivity contribution < 1.29 is 13.9 Å². The van der Waals surface area contributed by atoms with E-state index >= 15 is 0 Å². The quantitative estimate of drug-likeness (QED) is 0.785. The first-order valence-corrected chi connectivity index (χ1v) is 7.28. The minimum Gasteiger partial charge on any atom is -0.438 e. The molecule has 0 aliphatic carbocycles. The largest absolute Gasteiger partial charge is 0.438 e. The predicted molar refractivity (Wildman–Crippen MR) is 84.8 cm³/mol. The second kappa shape index (κ2) is 5.97. The first kappa shape index (κ1) is 16.0. The van der Waals surface area contributed by atoms with Crippen LogP contribution in [0.25, 0.3) is 11.2 Å². The molecule has 3 aromatic rings. The van der Waals surface area contributed by atoms with Crippen molar-refractivity contribution in [2.24, 2.45) is 5.73 Å². The van der Waals surface area contributed by atoms with E-state index in [9.17, 15) is 14.0 Å². The summed E-state index contributed by atoms with van der Waals surface area (Å²) in [5.74, 6) is -0.459. The Morgan fingerprint density at radius 1 is 1.42 bits per heavy atom. The summed E-state index contributed by atoms with van der Waals surface area (Å²) in [7, 11) is 0. The molecule has 1 atom stereocenters. The van der Waals surface area contributed by atoms with E-state index in [1.807, 2.05) is 0 Å². The number of ether oxygens (including phenoxy) is 1. The van der Waals surface area contributed by atoms with Crippen LogP contribution in [-0.2, 0) is 4.74 Å². The van der Waals surface area contributed by atoms with E-state index in [1.54, 1.807) is 0 Å². The fraction of sp³-hybridized carbons (Fsp3) is 0.133. The van der Waals surface area contributed by atoms with Crippen LogP contribution in [0, 0.1) is 5.82 Å². The van der Waals surface area contributed by atoms with Crippen LogP contribution in [-0.4, -0.2) is 20.3 Å². The zero-order valence-corrected chi connectivity index (χ0v) is 13.2. The SMILES string of the molecule is CC(OC(N)=O)c1nn2ccc(Cl)c2c(=O)n1-c1cccc(F)c1. The maximum atomic E-state index is 13.6. The number of carbonyl (C=O) groups excluding carboxylic acids is 1. The molecule has 124 valence electrons. The van der Waals surface area contributed by atoms with Crippen molar-refractivity contribution in [3.63, 3.8) is 0 Å². The molecule has 2 aromatic heterocycles. The van der Waals surface area contributed by atoms with Crippen LogP contribution in [0.5, 0.6) is 0 Å². The van der Waals surface area contributed by atoms with Gasteiger partial charge in [-0.05, 0) is 31.2 Å². The van der Waals surface area contributed by atoms with E-state index in [-0.39, 0.29) is 22.1 Å². The maximum Gasteiger partial charge on any atom is 0.405 e. The van der Waals surface area contributed by atoms with Crippen molar-refractivity contribution in [3.05, 3.63) is 63.5 Å². The van der Waals surface area contributed by atoms with Crippen LogP contribution < -0.4 is 11.3 Å². The normalized spacial score (nSPS) is 12.3. The second-order valence-corrected chi connectivity index (χ2v) is 5.42. The lowest BCUT2D eigenvalue weighted by atomic mass is 10.2. The Hall–Kier alpha value is -2.87. The second-order valence-electron chi connectivity index (χ2n) is 5.01. The molecule has 0 bridgehead atoms. The van der Waals surface area contributed by atoms with Gasteiger partial charge in [0.1, 0.15) is 11.3 Å². The molecule has 1 unspecified atom stereocenters. The summed E-state index contributed by atoms with van der Waals surface area (Å²) in [4.78, 5) is 23.9.